The van der Waals surface area contributed by atoms with Crippen molar-refractivity contribution < 1.29 is 14.4 Å². The molecule has 1 amide bonds. The van der Waals surface area contributed by atoms with Gasteiger partial charge in [-0.05, 0) is 6.92 Å². The largest absolute Gasteiger partial charge is 0.365 e. The number of ether oxygens (including phenoxy) is 1. The summed E-state index contributed by atoms with van der Waals surface area (Å²) in [5.41, 5.74) is 0. The van der Waals surface area contributed by atoms with E-state index < -0.39 is 6.10 Å². The maximum Gasteiger partial charge on any atom is 0.274 e. The quantitative estimate of drug-likeness (QED) is 0.451. The van der Waals surface area contributed by atoms with Gasteiger partial charge in [-0.3, -0.25) is 9.63 Å². The maximum absolute atomic E-state index is 11.2. The predicted octanol–water partition coefficient (Wildman–Crippen LogP) is 0.597. The van der Waals surface area contributed by atoms with Crippen LogP contribution in [0.1, 0.15) is 6.92 Å². The minimum Gasteiger partial charge on any atom is -0.365 e. The molecular weight excluding hydrogens is 158 g/mol. The van der Waals surface area contributed by atoms with Crippen molar-refractivity contribution in [3.63, 3.8) is 0 Å². The van der Waals surface area contributed by atoms with E-state index in [1.165, 1.54) is 14.2 Å². The molecule has 4 nitrogen and oxygen atoms in total. The normalized spacial score (nSPS) is 12.2. The van der Waals surface area contributed by atoms with Crippen LogP contribution in [-0.2, 0) is 14.4 Å². The van der Waals surface area contributed by atoms with Gasteiger partial charge in [0.05, 0.1) is 13.7 Å². The fourth-order valence-electron chi connectivity index (χ4n) is 0.630. The first kappa shape index (κ1) is 11.1. The number of hydroxylamine groups is 2. The van der Waals surface area contributed by atoms with E-state index in [2.05, 4.69) is 6.58 Å². The molecule has 0 aromatic heterocycles. The molecular formula is C8H15NO3. The predicted molar refractivity (Wildman–Crippen MR) is 45.4 cm³/mol. The molecule has 1 atom stereocenters. The van der Waals surface area contributed by atoms with Crippen LogP contribution < -0.4 is 0 Å². The third kappa shape index (κ3) is 3.50. The molecule has 0 aliphatic rings. The van der Waals surface area contributed by atoms with Crippen molar-refractivity contribution >= 4 is 5.91 Å². The van der Waals surface area contributed by atoms with Gasteiger partial charge in [0, 0.05) is 7.05 Å². The number of carbonyl (C=O) groups is 1. The van der Waals surface area contributed by atoms with Gasteiger partial charge < -0.3 is 4.74 Å². The lowest BCUT2D eigenvalue weighted by atomic mass is 10.4. The average Bonchev–Trinajstić information content (AvgIpc) is 2.11. The van der Waals surface area contributed by atoms with E-state index in [0.717, 1.165) is 5.06 Å². The molecule has 70 valence electrons. The molecule has 0 saturated heterocycles. The topological polar surface area (TPSA) is 38.8 Å². The Bertz CT molecular complexity index is 158. The van der Waals surface area contributed by atoms with E-state index in [9.17, 15) is 4.79 Å². The fourth-order valence-corrected chi connectivity index (χ4v) is 0.630. The molecule has 0 bridgehead atoms. The highest BCUT2D eigenvalue weighted by Gasteiger charge is 2.16. The average molecular weight is 173 g/mol. The molecule has 0 heterocycles. The Labute approximate surface area is 72.7 Å². The van der Waals surface area contributed by atoms with Crippen molar-refractivity contribution in [1.29, 1.82) is 0 Å². The van der Waals surface area contributed by atoms with E-state index in [4.69, 9.17) is 9.57 Å². The van der Waals surface area contributed by atoms with E-state index >= 15 is 0 Å². The summed E-state index contributed by atoms with van der Waals surface area (Å²) < 4.78 is 5.09. The van der Waals surface area contributed by atoms with Crippen LogP contribution in [0, 0.1) is 0 Å². The molecule has 0 aliphatic heterocycles. The van der Waals surface area contributed by atoms with Crippen LogP contribution in [0.15, 0.2) is 12.7 Å². The highest BCUT2D eigenvalue weighted by molar-refractivity contribution is 5.79. The fraction of sp³-hybridized carbons (Fsp3) is 0.625. The van der Waals surface area contributed by atoms with Crippen LogP contribution in [0.25, 0.3) is 0 Å². The van der Waals surface area contributed by atoms with Gasteiger partial charge in [-0.25, -0.2) is 5.06 Å². The van der Waals surface area contributed by atoms with Crippen LogP contribution in [0.2, 0.25) is 0 Å². The number of likely N-dealkylation sites (N-methyl/N-ethyl adjacent to an activating group) is 1. The number of carbonyl (C=O) groups excluding carboxylic acids is 1. The number of nitrogens with zero attached hydrogens (tertiary/aromatic N) is 1. The zero-order chi connectivity index (χ0) is 9.56. The second-order valence-corrected chi connectivity index (χ2v) is 2.28. The van der Waals surface area contributed by atoms with Gasteiger partial charge >= 0.3 is 0 Å². The standard InChI is InChI=1S/C8H15NO3/c1-5-6-12-7(2)8(10)9(3)11-4/h5,7H,1,6H2,2-4H3. The van der Waals surface area contributed by atoms with Gasteiger partial charge in [0.25, 0.3) is 5.91 Å². The number of rotatable bonds is 5. The van der Waals surface area contributed by atoms with E-state index in [1.807, 2.05) is 0 Å². The summed E-state index contributed by atoms with van der Waals surface area (Å²) in [6.45, 7) is 5.51. The number of hydrogen-bond donors (Lipinski definition) is 0. The molecule has 12 heavy (non-hydrogen) atoms. The molecule has 0 rings (SSSR count). The van der Waals surface area contributed by atoms with Gasteiger partial charge in [0.15, 0.2) is 0 Å². The Hall–Kier alpha value is -0.870. The van der Waals surface area contributed by atoms with Crippen molar-refractivity contribution in [3.8, 4) is 0 Å². The van der Waals surface area contributed by atoms with Crippen LogP contribution in [0.4, 0.5) is 0 Å². The number of amides is 1. The summed E-state index contributed by atoms with van der Waals surface area (Å²) in [6, 6.07) is 0. The second-order valence-electron chi connectivity index (χ2n) is 2.28. The number of hydrogen-bond acceptors (Lipinski definition) is 3. The Kier molecular flexibility index (Phi) is 5.32. The SMILES string of the molecule is C=CCOC(C)C(=O)N(C)OC. The van der Waals surface area contributed by atoms with Crippen molar-refractivity contribution in [2.75, 3.05) is 20.8 Å². The van der Waals surface area contributed by atoms with Crippen molar-refractivity contribution in [2.45, 2.75) is 13.0 Å². The Morgan fingerprint density at radius 3 is 2.75 bits per heavy atom. The van der Waals surface area contributed by atoms with Gasteiger partial charge in [0.1, 0.15) is 6.10 Å². The summed E-state index contributed by atoms with van der Waals surface area (Å²) in [6.07, 6.45) is 1.10. The molecule has 0 spiro atoms. The highest BCUT2D eigenvalue weighted by atomic mass is 16.7. The van der Waals surface area contributed by atoms with Gasteiger partial charge in [-0.15, -0.1) is 6.58 Å². The smallest absolute Gasteiger partial charge is 0.274 e. The first-order chi connectivity index (χ1) is 5.63. The molecule has 0 radical (unpaired) electrons. The van der Waals surface area contributed by atoms with Crippen LogP contribution in [-0.4, -0.2) is 37.8 Å². The zero-order valence-corrected chi connectivity index (χ0v) is 7.74. The maximum atomic E-state index is 11.2. The molecule has 0 fully saturated rings. The zero-order valence-electron chi connectivity index (χ0n) is 7.74. The first-order valence-electron chi connectivity index (χ1n) is 3.67. The van der Waals surface area contributed by atoms with Crippen LogP contribution in [0.3, 0.4) is 0 Å². The van der Waals surface area contributed by atoms with E-state index in [0.29, 0.717) is 6.61 Å². The van der Waals surface area contributed by atoms with Crippen LogP contribution in [0.5, 0.6) is 0 Å². The lowest BCUT2D eigenvalue weighted by Gasteiger charge is -2.18. The molecule has 4 heteroatoms. The minimum absolute atomic E-state index is 0.209. The molecule has 0 aromatic carbocycles. The molecule has 0 N–H and O–H groups in total. The minimum atomic E-state index is -0.493. The summed E-state index contributed by atoms with van der Waals surface area (Å²) in [7, 11) is 2.97. The summed E-state index contributed by atoms with van der Waals surface area (Å²) in [5, 5.41) is 1.13. The first-order valence-corrected chi connectivity index (χ1v) is 3.67. The molecule has 0 saturated carbocycles. The Morgan fingerprint density at radius 1 is 1.75 bits per heavy atom. The lowest BCUT2D eigenvalue weighted by molar-refractivity contribution is -0.179. The van der Waals surface area contributed by atoms with Gasteiger partial charge in [-0.2, -0.15) is 0 Å². The van der Waals surface area contributed by atoms with Crippen molar-refractivity contribution in [2.24, 2.45) is 0 Å². The highest BCUT2D eigenvalue weighted by Crippen LogP contribution is 1.96. The summed E-state index contributed by atoms with van der Waals surface area (Å²) in [4.78, 5) is 15.9. The molecule has 0 aromatic rings. The lowest BCUT2D eigenvalue weighted by Crippen LogP contribution is -2.35. The second kappa shape index (κ2) is 5.74. The van der Waals surface area contributed by atoms with Gasteiger partial charge in [0.2, 0.25) is 0 Å². The summed E-state index contributed by atoms with van der Waals surface area (Å²) in [5.74, 6) is -0.209. The molecule has 0 aliphatic carbocycles. The van der Waals surface area contributed by atoms with Crippen molar-refractivity contribution in [1.82, 2.24) is 5.06 Å². The Morgan fingerprint density at radius 2 is 2.33 bits per heavy atom. The van der Waals surface area contributed by atoms with Crippen LogP contribution >= 0.6 is 0 Å². The third-order valence-corrected chi connectivity index (χ3v) is 1.40. The van der Waals surface area contributed by atoms with E-state index in [1.54, 1.807) is 13.0 Å². The Balaban J connectivity index is 3.83. The third-order valence-electron chi connectivity index (χ3n) is 1.40. The van der Waals surface area contributed by atoms with E-state index in [-0.39, 0.29) is 5.91 Å². The van der Waals surface area contributed by atoms with Gasteiger partial charge in [-0.1, -0.05) is 6.08 Å². The summed E-state index contributed by atoms with van der Waals surface area (Å²) >= 11 is 0. The van der Waals surface area contributed by atoms with Crippen molar-refractivity contribution in [3.05, 3.63) is 12.7 Å². The molecule has 1 unspecified atom stereocenters. The monoisotopic (exact) mass is 173 g/mol.